The summed E-state index contributed by atoms with van der Waals surface area (Å²) in [5.41, 5.74) is 17.4. The van der Waals surface area contributed by atoms with E-state index in [9.17, 15) is 9.59 Å². The van der Waals surface area contributed by atoms with Crippen LogP contribution in [0.1, 0.15) is 60.2 Å². The molecule has 8 bridgehead atoms. The highest BCUT2D eigenvalue weighted by Crippen LogP contribution is 2.39. The van der Waals surface area contributed by atoms with Gasteiger partial charge >= 0.3 is 18.1 Å². The Kier molecular flexibility index (Phi) is 13.8. The highest BCUT2D eigenvalue weighted by atomic mass is 16.6. The Balaban J connectivity index is 1.11. The van der Waals surface area contributed by atoms with Crippen LogP contribution in [0.4, 0.5) is 16.7 Å². The second-order valence-corrected chi connectivity index (χ2v) is 19.3. The minimum Gasteiger partial charge on any atom is -0.468 e. The van der Waals surface area contributed by atoms with Gasteiger partial charge in [-0.2, -0.15) is 15.0 Å². The number of aromatic amines is 2. The summed E-state index contributed by atoms with van der Waals surface area (Å²) in [5, 5.41) is 8.64. The number of nitrogens with zero attached hydrogens (tertiary/aromatic N) is 5. The number of hydrogen-bond donors (Lipinski definition) is 5. The van der Waals surface area contributed by atoms with E-state index in [-0.39, 0.29) is 37.5 Å². The van der Waals surface area contributed by atoms with E-state index in [2.05, 4.69) is 183 Å². The fourth-order valence-corrected chi connectivity index (χ4v) is 8.81. The molecule has 2 aliphatic rings. The standard InChI is InChI=1S/C60H56N10O5/c1-35-8-14-38(15-9-35)52-43-24-26-45(64-43)53(39-16-10-36(2)11-17-39)47-28-30-49(66-47)55(50-31-29-48(67-50)54(46-27-25-44(52)65-46)40-18-12-37(3)13-19-40)41-20-22-42(23-21-41)74-58-69-56(68-57(70-58)63-34-51(71)73-7)61-32-33-62-59(72)75-60(4,5)6/h8-31,64,67H,32-34H2,1-7H3,(H,62,72)(H2,61,63,68,69,70). The van der Waals surface area contributed by atoms with Crippen molar-refractivity contribution in [3.63, 3.8) is 0 Å². The quantitative estimate of drug-likeness (QED) is 0.0543. The molecule has 0 aliphatic carbocycles. The lowest BCUT2D eigenvalue weighted by Gasteiger charge is -2.19. The lowest BCUT2D eigenvalue weighted by atomic mass is 10.0. The van der Waals surface area contributed by atoms with Gasteiger partial charge in [0.05, 0.1) is 29.9 Å². The van der Waals surface area contributed by atoms with Gasteiger partial charge in [0, 0.05) is 57.4 Å². The number of esters is 1. The zero-order valence-electron chi connectivity index (χ0n) is 42.8. The minimum atomic E-state index is -0.640. The molecule has 4 aromatic carbocycles. The van der Waals surface area contributed by atoms with Crippen molar-refractivity contribution in [1.82, 2.24) is 40.2 Å². The molecule has 15 heteroatoms. The summed E-state index contributed by atoms with van der Waals surface area (Å²) in [5.74, 6) is 0.144. The molecule has 0 atom stereocenters. The van der Waals surface area contributed by atoms with E-state index >= 15 is 0 Å². The van der Waals surface area contributed by atoms with E-state index in [0.29, 0.717) is 5.75 Å². The van der Waals surface area contributed by atoms with Gasteiger partial charge in [0.25, 0.3) is 0 Å². The summed E-state index contributed by atoms with van der Waals surface area (Å²) in [6, 6.07) is 41.7. The fraction of sp³-hybridized carbons (Fsp3) is 0.183. The molecule has 0 unspecified atom stereocenters. The zero-order chi connectivity index (χ0) is 52.2. The number of aromatic nitrogens is 7. The molecular formula is C60H56N10O5. The number of nitrogens with one attached hydrogen (secondary N) is 5. The van der Waals surface area contributed by atoms with Crippen LogP contribution >= 0.6 is 0 Å². The molecule has 0 radical (unpaired) electrons. The summed E-state index contributed by atoms with van der Waals surface area (Å²) in [4.78, 5) is 56.1. The normalized spacial score (nSPS) is 11.8. The predicted molar refractivity (Wildman–Crippen MR) is 298 cm³/mol. The summed E-state index contributed by atoms with van der Waals surface area (Å²) in [6.45, 7) is 11.9. The number of fused-ring (bicyclic) bond motifs is 8. The molecule has 2 aliphatic heterocycles. The number of H-pyrrole nitrogens is 2. The second kappa shape index (κ2) is 21.0. The number of alkyl carbamates (subject to hydrolysis) is 1. The maximum absolute atomic E-state index is 12.2. The molecule has 0 saturated heterocycles. The van der Waals surface area contributed by atoms with Crippen LogP contribution in [0.25, 0.3) is 90.9 Å². The Labute approximate surface area is 434 Å². The number of amides is 1. The van der Waals surface area contributed by atoms with Crippen LogP contribution in [0.2, 0.25) is 0 Å². The number of carbonyl (C=O) groups excluding carboxylic acids is 2. The third-order valence-corrected chi connectivity index (χ3v) is 12.4. The van der Waals surface area contributed by atoms with E-state index in [1.807, 2.05) is 24.3 Å². The summed E-state index contributed by atoms with van der Waals surface area (Å²) in [7, 11) is 1.29. The first-order valence-corrected chi connectivity index (χ1v) is 24.7. The van der Waals surface area contributed by atoms with Crippen LogP contribution in [0, 0.1) is 20.8 Å². The third kappa shape index (κ3) is 11.3. The molecule has 10 rings (SSSR count). The number of benzene rings is 4. The van der Waals surface area contributed by atoms with Crippen LogP contribution in [-0.4, -0.2) is 79.3 Å². The average Bonchev–Trinajstić information content (AvgIpc) is 4.25. The number of carbonyl (C=O) groups is 2. The van der Waals surface area contributed by atoms with E-state index in [1.54, 1.807) is 20.8 Å². The minimum absolute atomic E-state index is 0.0416. The van der Waals surface area contributed by atoms with Crippen LogP contribution in [-0.2, 0) is 14.3 Å². The predicted octanol–water partition coefficient (Wildman–Crippen LogP) is 12.7. The van der Waals surface area contributed by atoms with Crippen molar-refractivity contribution in [2.45, 2.75) is 47.1 Å². The number of rotatable bonds is 13. The SMILES string of the molecule is COC(=O)CNc1nc(NCCNC(=O)OC(C)(C)C)nc(Oc2ccc(-c3c4nc(c(-c5ccc(C)cc5)c5ccc([nH]5)c(-c5ccc(C)cc5)c5nc(c(-c6ccc(C)cc6)c6ccc3[nH]6)C=C5)C=C4)cc2)n1. The molecule has 1 amide bonds. The van der Waals surface area contributed by atoms with Crippen molar-refractivity contribution in [3.05, 3.63) is 161 Å². The van der Waals surface area contributed by atoms with Crippen LogP contribution in [0.3, 0.4) is 0 Å². The number of hydrogen-bond acceptors (Lipinski definition) is 12. The Hall–Kier alpha value is -9.37. The van der Waals surface area contributed by atoms with Gasteiger partial charge in [-0.3, -0.25) is 4.79 Å². The van der Waals surface area contributed by atoms with Crippen molar-refractivity contribution in [3.8, 4) is 56.3 Å². The first-order valence-electron chi connectivity index (χ1n) is 24.7. The molecule has 8 aromatic rings. The summed E-state index contributed by atoms with van der Waals surface area (Å²) < 4.78 is 16.4. The third-order valence-electron chi connectivity index (χ3n) is 12.4. The molecule has 0 spiro atoms. The molecule has 376 valence electrons. The summed E-state index contributed by atoms with van der Waals surface area (Å²) in [6.07, 6.45) is 7.81. The van der Waals surface area contributed by atoms with Crippen molar-refractivity contribution >= 4 is 70.3 Å². The highest BCUT2D eigenvalue weighted by molar-refractivity contribution is 6.00. The van der Waals surface area contributed by atoms with E-state index < -0.39 is 17.7 Å². The van der Waals surface area contributed by atoms with E-state index in [4.69, 9.17) is 24.2 Å². The van der Waals surface area contributed by atoms with Crippen molar-refractivity contribution in [2.75, 3.05) is 37.4 Å². The molecule has 4 aromatic heterocycles. The van der Waals surface area contributed by atoms with Gasteiger partial charge in [-0.25, -0.2) is 14.8 Å². The lowest BCUT2D eigenvalue weighted by molar-refractivity contribution is -0.138. The monoisotopic (exact) mass is 996 g/mol. The second-order valence-electron chi connectivity index (χ2n) is 19.3. The molecule has 5 N–H and O–H groups in total. The molecular weight excluding hydrogens is 941 g/mol. The molecule has 0 fully saturated rings. The first-order chi connectivity index (χ1) is 36.2. The van der Waals surface area contributed by atoms with Gasteiger partial charge < -0.3 is 40.1 Å². The molecule has 15 nitrogen and oxygen atoms in total. The van der Waals surface area contributed by atoms with E-state index in [1.165, 1.54) is 12.7 Å². The molecule has 0 saturated carbocycles. The van der Waals surface area contributed by atoms with Gasteiger partial charge in [0.1, 0.15) is 17.9 Å². The number of anilines is 2. The topological polar surface area (TPSA) is 194 Å². The number of aryl methyl sites for hydroxylation is 3. The van der Waals surface area contributed by atoms with Crippen LogP contribution in [0.5, 0.6) is 11.8 Å². The Morgan fingerprint density at radius 3 is 1.27 bits per heavy atom. The van der Waals surface area contributed by atoms with Gasteiger partial charge in [0.2, 0.25) is 11.9 Å². The average molecular weight is 997 g/mol. The zero-order valence-corrected chi connectivity index (χ0v) is 42.8. The maximum atomic E-state index is 12.2. The van der Waals surface area contributed by atoms with Crippen molar-refractivity contribution < 1.29 is 23.8 Å². The molecule has 6 heterocycles. The van der Waals surface area contributed by atoms with Gasteiger partial charge in [-0.1, -0.05) is 102 Å². The first kappa shape index (κ1) is 49.2. The van der Waals surface area contributed by atoms with Crippen LogP contribution < -0.4 is 20.7 Å². The van der Waals surface area contributed by atoms with Gasteiger partial charge in [-0.15, -0.1) is 0 Å². The van der Waals surface area contributed by atoms with Gasteiger partial charge in [0.15, 0.2) is 0 Å². The lowest BCUT2D eigenvalue weighted by Crippen LogP contribution is -2.35. The molecule has 75 heavy (non-hydrogen) atoms. The number of ether oxygens (including phenoxy) is 3. The highest BCUT2D eigenvalue weighted by Gasteiger charge is 2.21. The van der Waals surface area contributed by atoms with Gasteiger partial charge in [-0.05, 0) is 124 Å². The Morgan fingerprint density at radius 1 is 0.493 bits per heavy atom. The Morgan fingerprint density at radius 2 is 0.880 bits per heavy atom. The Bertz CT molecular complexity index is 3640. The van der Waals surface area contributed by atoms with Crippen LogP contribution in [0.15, 0.2) is 121 Å². The largest absolute Gasteiger partial charge is 0.468 e. The summed E-state index contributed by atoms with van der Waals surface area (Å²) >= 11 is 0. The number of methoxy groups -OCH3 is 1. The fourth-order valence-electron chi connectivity index (χ4n) is 8.81. The maximum Gasteiger partial charge on any atom is 0.407 e. The van der Waals surface area contributed by atoms with Crippen molar-refractivity contribution in [1.29, 1.82) is 0 Å². The van der Waals surface area contributed by atoms with E-state index in [0.717, 1.165) is 100 Å². The smallest absolute Gasteiger partial charge is 0.407 e. The van der Waals surface area contributed by atoms with Crippen molar-refractivity contribution in [2.24, 2.45) is 0 Å².